The van der Waals surface area contributed by atoms with Crippen LogP contribution in [-0.4, -0.2) is 50.1 Å². The number of nitrogens with zero attached hydrogens (tertiary/aromatic N) is 1. The fourth-order valence-corrected chi connectivity index (χ4v) is 2.27. The minimum atomic E-state index is -0.493. The van der Waals surface area contributed by atoms with E-state index >= 15 is 0 Å². The number of carbonyl (C=O) groups excluding carboxylic acids is 2. The maximum atomic E-state index is 12.6. The molecular formula is C14H18N2O4. The molecule has 0 spiro atoms. The number of carbonyl (C=O) groups is 2. The summed E-state index contributed by atoms with van der Waals surface area (Å²) in [5.41, 5.74) is 0.397. The molecule has 1 aliphatic heterocycles. The van der Waals surface area contributed by atoms with Crippen LogP contribution in [0.5, 0.6) is 11.5 Å². The Labute approximate surface area is 117 Å². The van der Waals surface area contributed by atoms with Gasteiger partial charge in [-0.15, -0.1) is 0 Å². The Kier molecular flexibility index (Phi) is 4.12. The number of benzene rings is 1. The first-order valence-corrected chi connectivity index (χ1v) is 6.39. The molecule has 108 valence electrons. The van der Waals surface area contributed by atoms with Gasteiger partial charge < -0.3 is 19.7 Å². The topological polar surface area (TPSA) is 67.9 Å². The highest BCUT2D eigenvalue weighted by molar-refractivity contribution is 6.00. The molecule has 1 aliphatic rings. The van der Waals surface area contributed by atoms with Crippen molar-refractivity contribution in [2.45, 2.75) is 13.0 Å². The second kappa shape index (κ2) is 5.81. The summed E-state index contributed by atoms with van der Waals surface area (Å²) in [6.07, 6.45) is 0. The Bertz CT molecular complexity index is 530. The van der Waals surface area contributed by atoms with E-state index in [4.69, 9.17) is 9.47 Å². The normalized spacial score (nSPS) is 18.4. The van der Waals surface area contributed by atoms with Gasteiger partial charge in [0.15, 0.2) is 11.5 Å². The van der Waals surface area contributed by atoms with Gasteiger partial charge in [-0.25, -0.2) is 0 Å². The highest BCUT2D eigenvalue weighted by atomic mass is 16.5. The van der Waals surface area contributed by atoms with Crippen LogP contribution in [0.25, 0.3) is 0 Å². The molecule has 1 aromatic carbocycles. The monoisotopic (exact) mass is 278 g/mol. The van der Waals surface area contributed by atoms with Gasteiger partial charge in [0.1, 0.15) is 6.04 Å². The van der Waals surface area contributed by atoms with Gasteiger partial charge in [0.05, 0.1) is 19.8 Å². The summed E-state index contributed by atoms with van der Waals surface area (Å²) < 4.78 is 10.5. The molecule has 1 unspecified atom stereocenters. The van der Waals surface area contributed by atoms with E-state index in [1.54, 1.807) is 25.1 Å². The molecule has 0 saturated carbocycles. The third kappa shape index (κ3) is 2.41. The van der Waals surface area contributed by atoms with Crippen LogP contribution in [0.2, 0.25) is 0 Å². The van der Waals surface area contributed by atoms with Gasteiger partial charge in [0.2, 0.25) is 5.91 Å². The van der Waals surface area contributed by atoms with E-state index in [2.05, 4.69) is 5.32 Å². The van der Waals surface area contributed by atoms with Crippen LogP contribution in [-0.2, 0) is 4.79 Å². The van der Waals surface area contributed by atoms with Gasteiger partial charge in [0.25, 0.3) is 5.91 Å². The zero-order valence-electron chi connectivity index (χ0n) is 11.8. The molecule has 1 N–H and O–H groups in total. The largest absolute Gasteiger partial charge is 0.493 e. The lowest BCUT2D eigenvalue weighted by atomic mass is 10.1. The summed E-state index contributed by atoms with van der Waals surface area (Å²) in [6, 6.07) is 4.63. The van der Waals surface area contributed by atoms with E-state index in [9.17, 15) is 9.59 Å². The summed E-state index contributed by atoms with van der Waals surface area (Å²) >= 11 is 0. The first-order chi connectivity index (χ1) is 9.60. The average Bonchev–Trinajstić information content (AvgIpc) is 2.48. The Morgan fingerprint density at radius 3 is 2.75 bits per heavy atom. The highest BCUT2D eigenvalue weighted by Crippen LogP contribution is 2.31. The van der Waals surface area contributed by atoms with Crippen LogP contribution < -0.4 is 14.8 Å². The quantitative estimate of drug-likeness (QED) is 0.882. The predicted molar refractivity (Wildman–Crippen MR) is 73.1 cm³/mol. The molecule has 1 saturated heterocycles. The van der Waals surface area contributed by atoms with Crippen LogP contribution in [0.4, 0.5) is 0 Å². The molecule has 6 nitrogen and oxygen atoms in total. The van der Waals surface area contributed by atoms with Crippen molar-refractivity contribution < 1.29 is 19.1 Å². The molecule has 2 amide bonds. The van der Waals surface area contributed by atoms with Gasteiger partial charge in [-0.1, -0.05) is 6.07 Å². The SMILES string of the molecule is COc1cccc(C(=O)N2CCNC(=O)C2C)c1OC. The van der Waals surface area contributed by atoms with Crippen molar-refractivity contribution in [3.63, 3.8) is 0 Å². The Morgan fingerprint density at radius 1 is 1.35 bits per heavy atom. The zero-order chi connectivity index (χ0) is 14.7. The summed E-state index contributed by atoms with van der Waals surface area (Å²) in [7, 11) is 3.00. The zero-order valence-corrected chi connectivity index (χ0v) is 11.8. The van der Waals surface area contributed by atoms with Gasteiger partial charge in [-0.2, -0.15) is 0 Å². The fourth-order valence-electron chi connectivity index (χ4n) is 2.27. The lowest BCUT2D eigenvalue weighted by Crippen LogP contribution is -2.55. The second-order valence-electron chi connectivity index (χ2n) is 4.51. The lowest BCUT2D eigenvalue weighted by molar-refractivity contribution is -0.127. The number of methoxy groups -OCH3 is 2. The van der Waals surface area contributed by atoms with E-state index in [0.29, 0.717) is 30.2 Å². The molecule has 0 aliphatic carbocycles. The third-order valence-electron chi connectivity index (χ3n) is 3.39. The summed E-state index contributed by atoms with van der Waals surface area (Å²) in [5.74, 6) is 0.500. The van der Waals surface area contributed by atoms with Crippen molar-refractivity contribution >= 4 is 11.8 Å². The van der Waals surface area contributed by atoms with E-state index < -0.39 is 6.04 Å². The standard InChI is InChI=1S/C14H18N2O4/c1-9-13(17)15-7-8-16(9)14(18)10-5-4-6-11(19-2)12(10)20-3/h4-6,9H,7-8H2,1-3H3,(H,15,17). The number of piperazine rings is 1. The fraction of sp³-hybridized carbons (Fsp3) is 0.429. The number of hydrogen-bond donors (Lipinski definition) is 1. The van der Waals surface area contributed by atoms with E-state index in [-0.39, 0.29) is 11.8 Å². The minimum Gasteiger partial charge on any atom is -0.493 e. The molecule has 1 aromatic rings. The average molecular weight is 278 g/mol. The van der Waals surface area contributed by atoms with E-state index in [1.807, 2.05) is 0 Å². The number of para-hydroxylation sites is 1. The second-order valence-corrected chi connectivity index (χ2v) is 4.51. The molecule has 1 atom stereocenters. The van der Waals surface area contributed by atoms with E-state index in [0.717, 1.165) is 0 Å². The van der Waals surface area contributed by atoms with Crippen LogP contribution in [0.3, 0.4) is 0 Å². The Balaban J connectivity index is 2.36. The molecule has 0 radical (unpaired) electrons. The summed E-state index contributed by atoms with van der Waals surface area (Å²) in [4.78, 5) is 25.8. The van der Waals surface area contributed by atoms with Crippen LogP contribution >= 0.6 is 0 Å². The Morgan fingerprint density at radius 2 is 2.10 bits per heavy atom. The molecule has 1 fully saturated rings. The maximum Gasteiger partial charge on any atom is 0.258 e. The van der Waals surface area contributed by atoms with Crippen LogP contribution in [0.15, 0.2) is 18.2 Å². The smallest absolute Gasteiger partial charge is 0.258 e. The van der Waals surface area contributed by atoms with Crippen molar-refractivity contribution in [1.82, 2.24) is 10.2 Å². The van der Waals surface area contributed by atoms with Gasteiger partial charge in [-0.3, -0.25) is 9.59 Å². The Hall–Kier alpha value is -2.24. The molecule has 0 bridgehead atoms. The number of amides is 2. The first-order valence-electron chi connectivity index (χ1n) is 6.39. The molecule has 1 heterocycles. The minimum absolute atomic E-state index is 0.147. The van der Waals surface area contributed by atoms with Crippen molar-refractivity contribution in [2.24, 2.45) is 0 Å². The van der Waals surface area contributed by atoms with Crippen LogP contribution in [0, 0.1) is 0 Å². The molecule has 6 heteroatoms. The van der Waals surface area contributed by atoms with Crippen LogP contribution in [0.1, 0.15) is 17.3 Å². The number of hydrogen-bond acceptors (Lipinski definition) is 4. The van der Waals surface area contributed by atoms with Crippen molar-refractivity contribution in [2.75, 3.05) is 27.3 Å². The predicted octanol–water partition coefficient (Wildman–Crippen LogP) is 0.664. The molecule has 0 aromatic heterocycles. The van der Waals surface area contributed by atoms with Gasteiger partial charge in [0, 0.05) is 13.1 Å². The summed E-state index contributed by atoms with van der Waals surface area (Å²) in [6.45, 7) is 2.65. The first kappa shape index (κ1) is 14.2. The molecule has 2 rings (SSSR count). The van der Waals surface area contributed by atoms with Gasteiger partial charge in [-0.05, 0) is 19.1 Å². The van der Waals surface area contributed by atoms with Crippen molar-refractivity contribution in [3.05, 3.63) is 23.8 Å². The molecular weight excluding hydrogens is 260 g/mol. The van der Waals surface area contributed by atoms with Crippen molar-refractivity contribution in [3.8, 4) is 11.5 Å². The lowest BCUT2D eigenvalue weighted by Gasteiger charge is -2.33. The number of nitrogens with one attached hydrogen (secondary N) is 1. The third-order valence-corrected chi connectivity index (χ3v) is 3.39. The summed E-state index contributed by atoms with van der Waals surface area (Å²) in [5, 5.41) is 2.73. The maximum absolute atomic E-state index is 12.6. The number of rotatable bonds is 3. The number of ether oxygens (including phenoxy) is 2. The molecule has 20 heavy (non-hydrogen) atoms. The van der Waals surface area contributed by atoms with E-state index in [1.165, 1.54) is 19.1 Å². The highest BCUT2D eigenvalue weighted by Gasteiger charge is 2.31. The van der Waals surface area contributed by atoms with Gasteiger partial charge >= 0.3 is 0 Å². The van der Waals surface area contributed by atoms with Crippen molar-refractivity contribution in [1.29, 1.82) is 0 Å².